The van der Waals surface area contributed by atoms with Gasteiger partial charge in [0.2, 0.25) is 0 Å². The van der Waals surface area contributed by atoms with E-state index in [0.29, 0.717) is 0 Å². The quantitative estimate of drug-likeness (QED) is 0.806. The lowest BCUT2D eigenvalue weighted by Crippen LogP contribution is -2.47. The zero-order valence-electron chi connectivity index (χ0n) is 11.4. The highest BCUT2D eigenvalue weighted by Crippen LogP contribution is 2.36. The molecule has 0 heterocycles. The average molecular weight is 267 g/mol. The van der Waals surface area contributed by atoms with Gasteiger partial charge in [-0.25, -0.2) is 4.79 Å². The first kappa shape index (κ1) is 12.9. The molecule has 1 aliphatic carbocycles. The van der Waals surface area contributed by atoms with Gasteiger partial charge in [-0.3, -0.25) is 0 Å². The molecule has 0 aliphatic heterocycles. The molecule has 102 valence electrons. The molecule has 20 heavy (non-hydrogen) atoms. The van der Waals surface area contributed by atoms with Crippen molar-refractivity contribution in [2.75, 3.05) is 7.11 Å². The summed E-state index contributed by atoms with van der Waals surface area (Å²) in [4.78, 5) is 12.4. The first-order valence-electron chi connectivity index (χ1n) is 6.72. The summed E-state index contributed by atoms with van der Waals surface area (Å²) in [6, 6.07) is 15.7. The minimum atomic E-state index is -1.22. The van der Waals surface area contributed by atoms with Gasteiger partial charge in [0.25, 0.3) is 0 Å². The molecule has 0 aromatic heterocycles. The average Bonchev–Trinajstić information content (AvgIpc) is 2.64. The number of hydrogen-bond acceptors (Lipinski definition) is 3. The van der Waals surface area contributed by atoms with E-state index in [0.717, 1.165) is 35.1 Å². The number of nitrogens with two attached hydrogens (primary N) is 1. The Morgan fingerprint density at radius 3 is 1.90 bits per heavy atom. The van der Waals surface area contributed by atoms with E-state index in [4.69, 9.17) is 10.5 Å². The molecule has 3 heteroatoms. The normalized spacial score (nSPS) is 15.7. The number of methoxy groups -OCH3 is 1. The molecule has 3 rings (SSSR count). The molecule has 1 aliphatic rings. The SMILES string of the molecule is COC(=O)C1(N)c2ccccc2CCc2ccccc21. The first-order chi connectivity index (χ1) is 9.67. The van der Waals surface area contributed by atoms with Crippen molar-refractivity contribution in [1.29, 1.82) is 0 Å². The van der Waals surface area contributed by atoms with Crippen LogP contribution in [0.15, 0.2) is 48.5 Å². The van der Waals surface area contributed by atoms with Crippen molar-refractivity contribution in [1.82, 2.24) is 0 Å². The topological polar surface area (TPSA) is 52.3 Å². The summed E-state index contributed by atoms with van der Waals surface area (Å²) in [6.07, 6.45) is 1.76. The summed E-state index contributed by atoms with van der Waals surface area (Å²) in [7, 11) is 1.38. The predicted molar refractivity (Wildman–Crippen MR) is 77.3 cm³/mol. The minimum absolute atomic E-state index is 0.417. The minimum Gasteiger partial charge on any atom is -0.467 e. The Bertz CT molecular complexity index is 616. The highest BCUT2D eigenvalue weighted by Gasteiger charge is 2.43. The number of esters is 1. The second-order valence-electron chi connectivity index (χ2n) is 5.11. The van der Waals surface area contributed by atoms with Crippen LogP contribution in [-0.2, 0) is 27.9 Å². The number of benzene rings is 2. The summed E-state index contributed by atoms with van der Waals surface area (Å²) in [5.41, 5.74) is 9.24. The fourth-order valence-corrected chi connectivity index (χ4v) is 3.04. The van der Waals surface area contributed by atoms with Crippen LogP contribution in [0.4, 0.5) is 0 Å². The summed E-state index contributed by atoms with van der Waals surface area (Å²) >= 11 is 0. The Hall–Kier alpha value is -2.13. The Morgan fingerprint density at radius 2 is 1.45 bits per heavy atom. The third-order valence-electron chi connectivity index (χ3n) is 4.06. The van der Waals surface area contributed by atoms with Crippen molar-refractivity contribution in [3.63, 3.8) is 0 Å². The van der Waals surface area contributed by atoms with Crippen molar-refractivity contribution in [3.05, 3.63) is 70.8 Å². The Kier molecular flexibility index (Phi) is 3.07. The van der Waals surface area contributed by atoms with Gasteiger partial charge < -0.3 is 10.5 Å². The van der Waals surface area contributed by atoms with E-state index in [-0.39, 0.29) is 0 Å². The monoisotopic (exact) mass is 267 g/mol. The number of aryl methyl sites for hydroxylation is 2. The van der Waals surface area contributed by atoms with Gasteiger partial charge >= 0.3 is 5.97 Å². The molecule has 0 saturated carbocycles. The lowest BCUT2D eigenvalue weighted by molar-refractivity contribution is -0.145. The van der Waals surface area contributed by atoms with Crippen LogP contribution in [0.5, 0.6) is 0 Å². The molecule has 2 aromatic rings. The van der Waals surface area contributed by atoms with E-state index in [1.165, 1.54) is 7.11 Å². The summed E-state index contributed by atoms with van der Waals surface area (Å²) in [6.45, 7) is 0. The molecular formula is C17H17NO2. The van der Waals surface area contributed by atoms with E-state index < -0.39 is 11.5 Å². The van der Waals surface area contributed by atoms with Crippen molar-refractivity contribution in [2.24, 2.45) is 5.73 Å². The van der Waals surface area contributed by atoms with E-state index in [2.05, 4.69) is 0 Å². The maximum absolute atomic E-state index is 12.4. The summed E-state index contributed by atoms with van der Waals surface area (Å²) in [5, 5.41) is 0. The van der Waals surface area contributed by atoms with Crippen LogP contribution in [0.3, 0.4) is 0 Å². The van der Waals surface area contributed by atoms with Gasteiger partial charge in [-0.15, -0.1) is 0 Å². The predicted octanol–water partition coefficient (Wildman–Crippen LogP) is 2.16. The van der Waals surface area contributed by atoms with Gasteiger partial charge in [-0.1, -0.05) is 48.5 Å². The molecule has 0 spiro atoms. The zero-order chi connectivity index (χ0) is 14.2. The largest absolute Gasteiger partial charge is 0.467 e. The fourth-order valence-electron chi connectivity index (χ4n) is 3.04. The molecule has 2 N–H and O–H groups in total. The van der Waals surface area contributed by atoms with E-state index in [9.17, 15) is 4.79 Å². The van der Waals surface area contributed by atoms with Crippen LogP contribution in [0.25, 0.3) is 0 Å². The van der Waals surface area contributed by atoms with Crippen LogP contribution in [0, 0.1) is 0 Å². The van der Waals surface area contributed by atoms with Gasteiger partial charge in [0.05, 0.1) is 7.11 Å². The summed E-state index contributed by atoms with van der Waals surface area (Å²) in [5.74, 6) is -0.417. The van der Waals surface area contributed by atoms with Crippen molar-refractivity contribution >= 4 is 5.97 Å². The number of carbonyl (C=O) groups excluding carboxylic acids is 1. The molecule has 0 saturated heterocycles. The maximum Gasteiger partial charge on any atom is 0.335 e. The Balaban J connectivity index is 2.33. The number of fused-ring (bicyclic) bond motifs is 2. The first-order valence-corrected chi connectivity index (χ1v) is 6.72. The highest BCUT2D eigenvalue weighted by atomic mass is 16.5. The molecular weight excluding hydrogens is 250 g/mol. The lowest BCUT2D eigenvalue weighted by Gasteiger charge is -2.29. The molecule has 0 radical (unpaired) electrons. The lowest BCUT2D eigenvalue weighted by atomic mass is 9.81. The van der Waals surface area contributed by atoms with Crippen LogP contribution < -0.4 is 5.73 Å². The zero-order valence-corrected chi connectivity index (χ0v) is 11.4. The molecule has 0 unspecified atom stereocenters. The van der Waals surface area contributed by atoms with Crippen LogP contribution in [0.2, 0.25) is 0 Å². The third-order valence-corrected chi connectivity index (χ3v) is 4.06. The second kappa shape index (κ2) is 4.76. The molecule has 0 atom stereocenters. The van der Waals surface area contributed by atoms with Gasteiger partial charge in [0.1, 0.15) is 0 Å². The van der Waals surface area contributed by atoms with Crippen molar-refractivity contribution < 1.29 is 9.53 Å². The number of carbonyl (C=O) groups is 1. The van der Waals surface area contributed by atoms with Crippen molar-refractivity contribution in [3.8, 4) is 0 Å². The standard InChI is InChI=1S/C17H17NO2/c1-20-16(19)17(18)14-8-4-2-6-12(14)10-11-13-7-3-5-9-15(13)17/h2-9H,10-11,18H2,1H3. The van der Waals surface area contributed by atoms with Gasteiger partial charge in [-0.05, 0) is 35.1 Å². The second-order valence-corrected chi connectivity index (χ2v) is 5.11. The molecule has 0 bridgehead atoms. The Morgan fingerprint density at radius 1 is 1.00 bits per heavy atom. The van der Waals surface area contributed by atoms with Crippen LogP contribution in [-0.4, -0.2) is 13.1 Å². The van der Waals surface area contributed by atoms with E-state index in [1.807, 2.05) is 48.5 Å². The van der Waals surface area contributed by atoms with E-state index in [1.54, 1.807) is 0 Å². The maximum atomic E-state index is 12.4. The van der Waals surface area contributed by atoms with Gasteiger partial charge in [-0.2, -0.15) is 0 Å². The van der Waals surface area contributed by atoms with E-state index >= 15 is 0 Å². The van der Waals surface area contributed by atoms with Gasteiger partial charge in [0.15, 0.2) is 5.54 Å². The molecule has 2 aromatic carbocycles. The van der Waals surface area contributed by atoms with Gasteiger partial charge in [0, 0.05) is 0 Å². The Labute approximate surface area is 118 Å². The number of ether oxygens (including phenoxy) is 1. The molecule has 3 nitrogen and oxygen atoms in total. The fraction of sp³-hybridized carbons (Fsp3) is 0.235. The molecule has 0 amide bonds. The van der Waals surface area contributed by atoms with Crippen LogP contribution in [0.1, 0.15) is 22.3 Å². The summed E-state index contributed by atoms with van der Waals surface area (Å²) < 4.78 is 5.00. The number of hydrogen-bond donors (Lipinski definition) is 1. The number of rotatable bonds is 1. The molecule has 0 fully saturated rings. The van der Waals surface area contributed by atoms with Crippen molar-refractivity contribution in [2.45, 2.75) is 18.4 Å². The highest BCUT2D eigenvalue weighted by molar-refractivity contribution is 5.88. The smallest absolute Gasteiger partial charge is 0.335 e. The van der Waals surface area contributed by atoms with Crippen LogP contribution >= 0.6 is 0 Å². The third kappa shape index (κ3) is 1.74.